The average molecular weight is 383 g/mol. The third kappa shape index (κ3) is 4.44. The van der Waals surface area contributed by atoms with E-state index in [4.69, 9.17) is 14.2 Å². The highest BCUT2D eigenvalue weighted by Crippen LogP contribution is 2.31. The first-order valence-corrected chi connectivity index (χ1v) is 9.48. The summed E-state index contributed by atoms with van der Waals surface area (Å²) < 4.78 is 16.5. The van der Waals surface area contributed by atoms with Crippen LogP contribution < -0.4 is 14.8 Å². The topological polar surface area (TPSA) is 73.9 Å². The fraction of sp³-hybridized carbons (Fsp3) is 0.364. The fourth-order valence-electron chi connectivity index (χ4n) is 2.93. The largest absolute Gasteiger partial charge is 0.485 e. The monoisotopic (exact) mass is 383 g/mol. The summed E-state index contributed by atoms with van der Waals surface area (Å²) in [6.45, 7) is 5.78. The zero-order valence-corrected chi connectivity index (χ0v) is 16.3. The van der Waals surface area contributed by atoms with Gasteiger partial charge in [-0.1, -0.05) is 44.2 Å². The molecule has 0 fully saturated rings. The van der Waals surface area contributed by atoms with Gasteiger partial charge in [-0.3, -0.25) is 4.79 Å². The Labute approximate surface area is 164 Å². The Morgan fingerprint density at radius 2 is 1.79 bits per heavy atom. The molecule has 0 aliphatic carbocycles. The van der Waals surface area contributed by atoms with E-state index < -0.39 is 18.2 Å². The SMILES string of the molecule is CC[C@H](C)c1ccccc1NC(=O)[C@@H](C)OC(=O)[C@@H]1COc2ccccc2O1. The Kier molecular flexibility index (Phi) is 6.19. The summed E-state index contributed by atoms with van der Waals surface area (Å²) >= 11 is 0. The Hall–Kier alpha value is -3.02. The molecule has 0 unspecified atom stereocenters. The zero-order chi connectivity index (χ0) is 20.1. The van der Waals surface area contributed by atoms with E-state index in [1.165, 1.54) is 6.92 Å². The number of hydrogen-bond acceptors (Lipinski definition) is 5. The Bertz CT molecular complexity index is 850. The summed E-state index contributed by atoms with van der Waals surface area (Å²) in [5.41, 5.74) is 1.79. The van der Waals surface area contributed by atoms with Crippen LogP contribution in [0.25, 0.3) is 0 Å². The molecule has 1 N–H and O–H groups in total. The van der Waals surface area contributed by atoms with Crippen LogP contribution in [-0.4, -0.2) is 30.7 Å². The van der Waals surface area contributed by atoms with Gasteiger partial charge in [0.05, 0.1) is 0 Å². The van der Waals surface area contributed by atoms with E-state index in [0.29, 0.717) is 17.4 Å². The van der Waals surface area contributed by atoms with Crippen molar-refractivity contribution < 1.29 is 23.8 Å². The molecule has 3 atom stereocenters. The Balaban J connectivity index is 1.60. The third-order valence-electron chi connectivity index (χ3n) is 4.80. The van der Waals surface area contributed by atoms with Crippen LogP contribution in [0.15, 0.2) is 48.5 Å². The molecule has 2 aromatic rings. The lowest BCUT2D eigenvalue weighted by Gasteiger charge is -2.26. The van der Waals surface area contributed by atoms with Gasteiger partial charge in [-0.15, -0.1) is 0 Å². The van der Waals surface area contributed by atoms with Crippen LogP contribution in [0.3, 0.4) is 0 Å². The average Bonchev–Trinajstić information content (AvgIpc) is 2.73. The molecule has 0 radical (unpaired) electrons. The van der Waals surface area contributed by atoms with Crippen LogP contribution >= 0.6 is 0 Å². The number of nitrogens with one attached hydrogen (secondary N) is 1. The Morgan fingerprint density at radius 3 is 2.54 bits per heavy atom. The van der Waals surface area contributed by atoms with Crippen molar-refractivity contribution in [3.05, 3.63) is 54.1 Å². The van der Waals surface area contributed by atoms with E-state index in [0.717, 1.165) is 17.7 Å². The molecule has 0 saturated heterocycles. The number of carbonyl (C=O) groups excluding carboxylic acids is 2. The number of fused-ring (bicyclic) bond motifs is 1. The number of anilines is 1. The van der Waals surface area contributed by atoms with Gasteiger partial charge in [0.15, 0.2) is 17.6 Å². The molecule has 1 heterocycles. The molecular weight excluding hydrogens is 358 g/mol. The maximum atomic E-state index is 12.5. The molecule has 0 bridgehead atoms. The first-order valence-electron chi connectivity index (χ1n) is 9.48. The summed E-state index contributed by atoms with van der Waals surface area (Å²) in [7, 11) is 0. The number of para-hydroxylation sites is 3. The molecular formula is C22H25NO5. The van der Waals surface area contributed by atoms with Crippen LogP contribution in [0.1, 0.15) is 38.7 Å². The van der Waals surface area contributed by atoms with E-state index in [1.54, 1.807) is 18.2 Å². The highest BCUT2D eigenvalue weighted by Gasteiger charge is 2.31. The van der Waals surface area contributed by atoms with Gasteiger partial charge >= 0.3 is 5.97 Å². The first kappa shape index (κ1) is 19.7. The smallest absolute Gasteiger partial charge is 0.351 e. The number of rotatable bonds is 6. The van der Waals surface area contributed by atoms with Crippen molar-refractivity contribution in [2.24, 2.45) is 0 Å². The second-order valence-electron chi connectivity index (χ2n) is 6.83. The third-order valence-corrected chi connectivity index (χ3v) is 4.80. The van der Waals surface area contributed by atoms with E-state index in [-0.39, 0.29) is 12.5 Å². The fourth-order valence-corrected chi connectivity index (χ4v) is 2.93. The van der Waals surface area contributed by atoms with Crippen molar-refractivity contribution in [3.8, 4) is 11.5 Å². The number of ether oxygens (including phenoxy) is 3. The van der Waals surface area contributed by atoms with Crippen LogP contribution in [0.2, 0.25) is 0 Å². The minimum atomic E-state index is -0.960. The maximum absolute atomic E-state index is 12.5. The van der Waals surface area contributed by atoms with Crippen molar-refractivity contribution in [2.45, 2.75) is 45.3 Å². The molecule has 6 nitrogen and oxygen atoms in total. The van der Waals surface area contributed by atoms with Gasteiger partial charge in [-0.2, -0.15) is 0 Å². The molecule has 148 valence electrons. The van der Waals surface area contributed by atoms with Crippen LogP contribution in [-0.2, 0) is 14.3 Å². The van der Waals surface area contributed by atoms with E-state index in [2.05, 4.69) is 19.2 Å². The van der Waals surface area contributed by atoms with E-state index >= 15 is 0 Å². The second-order valence-corrected chi connectivity index (χ2v) is 6.83. The summed E-state index contributed by atoms with van der Waals surface area (Å²) in [5, 5.41) is 2.86. The van der Waals surface area contributed by atoms with Crippen molar-refractivity contribution in [1.29, 1.82) is 0 Å². The predicted molar refractivity (Wildman–Crippen MR) is 106 cm³/mol. The number of esters is 1. The van der Waals surface area contributed by atoms with Crippen molar-refractivity contribution in [2.75, 3.05) is 11.9 Å². The van der Waals surface area contributed by atoms with Gasteiger partial charge in [-0.05, 0) is 43.0 Å². The lowest BCUT2D eigenvalue weighted by molar-refractivity contribution is -0.162. The minimum Gasteiger partial charge on any atom is -0.485 e. The normalized spacial score (nSPS) is 17.3. The zero-order valence-electron chi connectivity index (χ0n) is 16.3. The van der Waals surface area contributed by atoms with Gasteiger partial charge in [0.25, 0.3) is 5.91 Å². The van der Waals surface area contributed by atoms with Gasteiger partial charge in [0.2, 0.25) is 6.10 Å². The molecule has 28 heavy (non-hydrogen) atoms. The van der Waals surface area contributed by atoms with Gasteiger partial charge < -0.3 is 19.5 Å². The van der Waals surface area contributed by atoms with Crippen molar-refractivity contribution in [1.82, 2.24) is 0 Å². The summed E-state index contributed by atoms with van der Waals surface area (Å²) in [5.74, 6) is 0.352. The van der Waals surface area contributed by atoms with E-state index in [1.807, 2.05) is 30.3 Å². The van der Waals surface area contributed by atoms with Crippen LogP contribution in [0.4, 0.5) is 5.69 Å². The molecule has 1 aliphatic rings. The summed E-state index contributed by atoms with van der Waals surface area (Å²) in [4.78, 5) is 24.9. The van der Waals surface area contributed by atoms with Gasteiger partial charge in [0, 0.05) is 5.69 Å². The highest BCUT2D eigenvalue weighted by molar-refractivity contribution is 5.96. The van der Waals surface area contributed by atoms with Gasteiger partial charge in [-0.25, -0.2) is 4.79 Å². The lowest BCUT2D eigenvalue weighted by atomic mass is 9.97. The quantitative estimate of drug-likeness (QED) is 0.766. The standard InChI is InChI=1S/C22H25NO5/c1-4-14(2)16-9-5-6-10-17(16)23-21(24)15(3)27-22(25)20-13-26-18-11-7-8-12-19(18)28-20/h5-12,14-15,20H,4,13H2,1-3H3,(H,23,24)/t14-,15+,20-/m0/s1. The summed E-state index contributed by atoms with van der Waals surface area (Å²) in [6, 6.07) is 14.7. The number of hydrogen-bond donors (Lipinski definition) is 1. The van der Waals surface area contributed by atoms with Crippen molar-refractivity contribution in [3.63, 3.8) is 0 Å². The first-order chi connectivity index (χ1) is 13.5. The molecule has 2 aromatic carbocycles. The van der Waals surface area contributed by atoms with Crippen molar-refractivity contribution >= 4 is 17.6 Å². The number of benzene rings is 2. The van der Waals surface area contributed by atoms with Gasteiger partial charge in [0.1, 0.15) is 6.61 Å². The Morgan fingerprint density at radius 1 is 1.11 bits per heavy atom. The van der Waals surface area contributed by atoms with Crippen LogP contribution in [0, 0.1) is 0 Å². The molecule has 1 aliphatic heterocycles. The van der Waals surface area contributed by atoms with E-state index in [9.17, 15) is 9.59 Å². The highest BCUT2D eigenvalue weighted by atomic mass is 16.6. The molecule has 0 saturated carbocycles. The minimum absolute atomic E-state index is 0.0427. The summed E-state index contributed by atoms with van der Waals surface area (Å²) in [6.07, 6.45) is -0.909. The second kappa shape index (κ2) is 8.78. The predicted octanol–water partition coefficient (Wildman–Crippen LogP) is 3.91. The molecule has 0 spiro atoms. The number of carbonyl (C=O) groups is 2. The molecule has 6 heteroatoms. The number of amides is 1. The van der Waals surface area contributed by atoms with Crippen LogP contribution in [0.5, 0.6) is 11.5 Å². The maximum Gasteiger partial charge on any atom is 0.351 e. The molecule has 3 rings (SSSR count). The molecule has 0 aromatic heterocycles. The molecule has 1 amide bonds. The lowest BCUT2D eigenvalue weighted by Crippen LogP contribution is -2.41.